The van der Waals surface area contributed by atoms with Gasteiger partial charge in [0.2, 0.25) is 5.78 Å². The summed E-state index contributed by atoms with van der Waals surface area (Å²) in [7, 11) is 0. The molecule has 3 aromatic rings. The summed E-state index contributed by atoms with van der Waals surface area (Å²) in [5.74, 6) is -0.895. The van der Waals surface area contributed by atoms with Crippen LogP contribution < -0.4 is 0 Å². The number of ether oxygens (including phenoxy) is 1. The number of thioether (sulfide) groups is 1. The molecule has 5 nitrogen and oxygen atoms in total. The Morgan fingerprint density at radius 2 is 2.00 bits per heavy atom. The molecule has 2 aromatic heterocycles. The van der Waals surface area contributed by atoms with Crippen LogP contribution in [0, 0.1) is 0 Å². The van der Waals surface area contributed by atoms with Gasteiger partial charge in [0.15, 0.2) is 17.5 Å². The maximum Gasteiger partial charge on any atom is 0.357 e. The zero-order valence-electron chi connectivity index (χ0n) is 13.1. The van der Waals surface area contributed by atoms with E-state index >= 15 is 0 Å². The second-order valence-electron chi connectivity index (χ2n) is 4.90. The Labute approximate surface area is 157 Å². The van der Waals surface area contributed by atoms with E-state index in [1.54, 1.807) is 16.7 Å². The molecule has 8 heteroatoms. The minimum Gasteiger partial charge on any atom is -0.453 e. The largest absolute Gasteiger partial charge is 0.453 e. The maximum absolute atomic E-state index is 12.4. The predicted molar refractivity (Wildman–Crippen MR) is 99.3 cm³/mol. The molecule has 0 aliphatic heterocycles. The number of halogens is 1. The number of hydrogen-bond acceptors (Lipinski definition) is 6. The van der Waals surface area contributed by atoms with Crippen LogP contribution in [0.25, 0.3) is 5.69 Å². The number of carbonyl (C=O) groups excluding carboxylic acids is 2. The number of benzene rings is 1. The highest BCUT2D eigenvalue weighted by atomic mass is 35.5. The summed E-state index contributed by atoms with van der Waals surface area (Å²) in [4.78, 5) is 29.2. The monoisotopic (exact) mass is 392 g/mol. The number of nitrogens with zero attached hydrogens (tertiary/aromatic N) is 2. The van der Waals surface area contributed by atoms with Crippen molar-refractivity contribution in [1.29, 1.82) is 0 Å². The summed E-state index contributed by atoms with van der Waals surface area (Å²) in [5.41, 5.74) is 1.07. The first-order valence-electron chi connectivity index (χ1n) is 7.23. The van der Waals surface area contributed by atoms with E-state index in [4.69, 9.17) is 16.3 Å². The summed E-state index contributed by atoms with van der Waals surface area (Å²) in [6.07, 6.45) is 3.33. The molecule has 25 heavy (non-hydrogen) atoms. The number of thiophene rings is 1. The van der Waals surface area contributed by atoms with Crippen LogP contribution in [0.5, 0.6) is 0 Å². The molecule has 0 fully saturated rings. The van der Waals surface area contributed by atoms with E-state index < -0.39 is 5.97 Å². The van der Waals surface area contributed by atoms with Gasteiger partial charge in [0.05, 0.1) is 15.4 Å². The normalized spacial score (nSPS) is 10.6. The first-order valence-corrected chi connectivity index (χ1v) is 9.65. The first-order chi connectivity index (χ1) is 12.1. The van der Waals surface area contributed by atoms with Gasteiger partial charge in [-0.25, -0.2) is 9.78 Å². The molecule has 0 N–H and O–H groups in total. The minimum absolute atomic E-state index is 0.271. The lowest BCUT2D eigenvalue weighted by molar-refractivity contribution is 0.0467. The van der Waals surface area contributed by atoms with Gasteiger partial charge in [0.1, 0.15) is 0 Å². The molecule has 0 saturated carbocycles. The summed E-state index contributed by atoms with van der Waals surface area (Å²) < 4.78 is 7.40. The average Bonchev–Trinajstić information content (AvgIpc) is 3.26. The Morgan fingerprint density at radius 3 is 2.64 bits per heavy atom. The highest BCUT2D eigenvalue weighted by molar-refractivity contribution is 7.98. The van der Waals surface area contributed by atoms with Crippen molar-refractivity contribution in [2.75, 3.05) is 12.9 Å². The van der Waals surface area contributed by atoms with Crippen LogP contribution in [0.3, 0.4) is 0 Å². The summed E-state index contributed by atoms with van der Waals surface area (Å²) in [6.45, 7) is -0.343. The number of Topliss-reactive ketones (excluding diaryl/α,β-unsaturated/α-hetero) is 1. The fraction of sp³-hybridized carbons (Fsp3) is 0.118. The molecular formula is C17H13ClN2O3S2. The molecule has 0 aliphatic rings. The third kappa shape index (κ3) is 3.95. The maximum atomic E-state index is 12.4. The number of hydrogen-bond donors (Lipinski definition) is 0. The van der Waals surface area contributed by atoms with E-state index in [0.717, 1.165) is 17.0 Å². The fourth-order valence-electron chi connectivity index (χ4n) is 2.19. The summed E-state index contributed by atoms with van der Waals surface area (Å²) >= 11 is 8.39. The Balaban J connectivity index is 1.79. The number of imidazole rings is 1. The molecule has 0 bridgehead atoms. The van der Waals surface area contributed by atoms with Crippen molar-refractivity contribution in [2.45, 2.75) is 5.16 Å². The standard InChI is InChI=1S/C17H13ClN2O3S2/c1-24-17-19-9-12(20(17)11-5-3-2-4-6-11)16(22)23-10-13(21)14-7-8-15(18)25-14/h2-9H,10H2,1H3. The zero-order chi connectivity index (χ0) is 17.8. The SMILES string of the molecule is CSc1ncc(C(=O)OCC(=O)c2ccc(Cl)s2)n1-c1ccccc1. The van der Waals surface area contributed by atoms with Crippen LogP contribution in [0.2, 0.25) is 4.34 Å². The average molecular weight is 393 g/mol. The molecule has 3 rings (SSSR count). The van der Waals surface area contributed by atoms with Gasteiger partial charge in [-0.1, -0.05) is 41.6 Å². The number of rotatable bonds is 6. The number of esters is 1. The second-order valence-corrected chi connectivity index (χ2v) is 7.39. The van der Waals surface area contributed by atoms with Gasteiger partial charge in [-0.2, -0.15) is 0 Å². The zero-order valence-corrected chi connectivity index (χ0v) is 15.5. The van der Waals surface area contributed by atoms with Gasteiger partial charge in [0.25, 0.3) is 0 Å². The number of carbonyl (C=O) groups is 2. The highest BCUT2D eigenvalue weighted by Gasteiger charge is 2.20. The Bertz CT molecular complexity index is 906. The fourth-order valence-corrected chi connectivity index (χ4v) is 3.70. The van der Waals surface area contributed by atoms with Crippen LogP contribution in [-0.2, 0) is 4.74 Å². The van der Waals surface area contributed by atoms with E-state index in [1.807, 2.05) is 36.6 Å². The summed E-state index contributed by atoms with van der Waals surface area (Å²) in [6, 6.07) is 12.6. The van der Waals surface area contributed by atoms with Crippen LogP contribution in [0.15, 0.2) is 53.8 Å². The predicted octanol–water partition coefficient (Wildman–Crippen LogP) is 4.35. The third-order valence-electron chi connectivity index (χ3n) is 3.32. The first kappa shape index (κ1) is 17.7. The Kier molecular flexibility index (Phi) is 5.57. The van der Waals surface area contributed by atoms with E-state index in [0.29, 0.717) is 14.4 Å². The van der Waals surface area contributed by atoms with Gasteiger partial charge >= 0.3 is 5.97 Å². The Morgan fingerprint density at radius 1 is 1.24 bits per heavy atom. The molecule has 1 aromatic carbocycles. The van der Waals surface area contributed by atoms with E-state index in [9.17, 15) is 9.59 Å². The smallest absolute Gasteiger partial charge is 0.357 e. The molecule has 0 aliphatic carbocycles. The molecule has 0 amide bonds. The van der Waals surface area contributed by atoms with Gasteiger partial charge in [-0.15, -0.1) is 11.3 Å². The lowest BCUT2D eigenvalue weighted by atomic mass is 10.3. The van der Waals surface area contributed by atoms with Crippen molar-refractivity contribution in [3.05, 3.63) is 63.6 Å². The van der Waals surface area contributed by atoms with Crippen LogP contribution in [0.4, 0.5) is 0 Å². The minimum atomic E-state index is -0.604. The second kappa shape index (κ2) is 7.86. The van der Waals surface area contributed by atoms with E-state index in [1.165, 1.54) is 18.0 Å². The molecule has 0 radical (unpaired) electrons. The number of aromatic nitrogens is 2. The van der Waals surface area contributed by atoms with Crippen molar-refractivity contribution in [3.63, 3.8) is 0 Å². The summed E-state index contributed by atoms with van der Waals surface area (Å²) in [5, 5.41) is 0.662. The topological polar surface area (TPSA) is 61.2 Å². The number of para-hydroxylation sites is 1. The Hall–Kier alpha value is -2.09. The molecule has 0 unspecified atom stereocenters. The van der Waals surface area contributed by atoms with Gasteiger partial charge < -0.3 is 4.74 Å². The number of ketones is 1. The van der Waals surface area contributed by atoms with Crippen molar-refractivity contribution in [3.8, 4) is 5.69 Å². The lowest BCUT2D eigenvalue weighted by Crippen LogP contribution is -2.16. The highest BCUT2D eigenvalue weighted by Crippen LogP contribution is 2.23. The van der Waals surface area contributed by atoms with Crippen LogP contribution in [0.1, 0.15) is 20.2 Å². The quantitative estimate of drug-likeness (QED) is 0.354. The molecule has 128 valence electrons. The van der Waals surface area contributed by atoms with Crippen molar-refractivity contribution >= 4 is 46.5 Å². The van der Waals surface area contributed by atoms with Crippen LogP contribution >= 0.6 is 34.7 Å². The molecule has 0 saturated heterocycles. The third-order valence-corrected chi connectivity index (χ3v) is 5.24. The van der Waals surface area contributed by atoms with Gasteiger partial charge in [-0.3, -0.25) is 9.36 Å². The lowest BCUT2D eigenvalue weighted by Gasteiger charge is -2.10. The van der Waals surface area contributed by atoms with Gasteiger partial charge in [-0.05, 0) is 30.5 Å². The van der Waals surface area contributed by atoms with Crippen molar-refractivity contribution < 1.29 is 14.3 Å². The van der Waals surface area contributed by atoms with Crippen molar-refractivity contribution in [1.82, 2.24) is 9.55 Å². The molecule has 0 spiro atoms. The molecular weight excluding hydrogens is 380 g/mol. The molecule has 2 heterocycles. The van der Waals surface area contributed by atoms with E-state index in [2.05, 4.69) is 4.98 Å². The van der Waals surface area contributed by atoms with Crippen molar-refractivity contribution in [2.24, 2.45) is 0 Å². The van der Waals surface area contributed by atoms with Crippen LogP contribution in [-0.4, -0.2) is 34.2 Å². The van der Waals surface area contributed by atoms with E-state index in [-0.39, 0.29) is 18.1 Å². The van der Waals surface area contributed by atoms with Gasteiger partial charge in [0, 0.05) is 5.69 Å². The molecule has 0 atom stereocenters.